The Bertz CT molecular complexity index is 567. The van der Waals surface area contributed by atoms with Crippen molar-refractivity contribution in [3.63, 3.8) is 0 Å². The lowest BCUT2D eigenvalue weighted by Gasteiger charge is -2.02. The number of hydrogen-bond acceptors (Lipinski definition) is 3. The first-order chi connectivity index (χ1) is 8.78. The number of rotatable bonds is 4. The van der Waals surface area contributed by atoms with Crippen molar-refractivity contribution in [2.24, 2.45) is 0 Å². The highest BCUT2D eigenvalue weighted by atomic mass is 16.1. The predicted molar refractivity (Wildman–Crippen MR) is 66.0 cm³/mol. The molecule has 0 spiro atoms. The van der Waals surface area contributed by atoms with Crippen LogP contribution >= 0.6 is 0 Å². The Morgan fingerprint density at radius 2 is 2.39 bits per heavy atom. The molecule has 0 radical (unpaired) electrons. The minimum absolute atomic E-state index is 0.0644. The molecular weight excluding hydrogens is 230 g/mol. The monoisotopic (exact) mass is 245 g/mol. The zero-order valence-corrected chi connectivity index (χ0v) is 10.2. The molecule has 94 valence electrons. The maximum Gasteiger partial charge on any atom is 0.255 e. The molecule has 2 aromatic rings. The van der Waals surface area contributed by atoms with E-state index in [4.69, 9.17) is 0 Å². The summed E-state index contributed by atoms with van der Waals surface area (Å²) in [5.74, 6) is -0.0644. The summed E-state index contributed by atoms with van der Waals surface area (Å²) in [5.41, 5.74) is 2.20. The van der Waals surface area contributed by atoms with Gasteiger partial charge in [0.2, 0.25) is 0 Å². The highest BCUT2D eigenvalue weighted by Crippen LogP contribution is 2.23. The van der Waals surface area contributed by atoms with E-state index in [2.05, 4.69) is 20.6 Å². The molecule has 3 rings (SSSR count). The van der Waals surface area contributed by atoms with E-state index in [0.29, 0.717) is 11.6 Å². The maximum absolute atomic E-state index is 12.0. The van der Waals surface area contributed by atoms with Crippen molar-refractivity contribution >= 4 is 5.91 Å². The number of H-pyrrole nitrogens is 1. The van der Waals surface area contributed by atoms with Crippen molar-refractivity contribution in [1.82, 2.24) is 25.3 Å². The quantitative estimate of drug-likeness (QED) is 0.849. The van der Waals surface area contributed by atoms with Gasteiger partial charge in [-0.05, 0) is 19.8 Å². The fraction of sp³-hybridized carbons (Fsp3) is 0.417. The molecule has 1 aliphatic rings. The van der Waals surface area contributed by atoms with Crippen LogP contribution in [0.5, 0.6) is 0 Å². The SMILES string of the molecule is CCn1cc(-c2[nH]ncc2C(=O)NC2CC2)cn1. The van der Waals surface area contributed by atoms with Crippen LogP contribution in [0.2, 0.25) is 0 Å². The molecule has 2 N–H and O–H groups in total. The second-order valence-corrected chi connectivity index (χ2v) is 4.49. The van der Waals surface area contributed by atoms with Crippen molar-refractivity contribution < 1.29 is 4.79 Å². The van der Waals surface area contributed by atoms with Crippen LogP contribution in [-0.4, -0.2) is 31.9 Å². The van der Waals surface area contributed by atoms with Crippen molar-refractivity contribution in [3.8, 4) is 11.3 Å². The molecule has 0 aliphatic heterocycles. The summed E-state index contributed by atoms with van der Waals surface area (Å²) in [5, 5.41) is 14.0. The van der Waals surface area contributed by atoms with Crippen LogP contribution in [-0.2, 0) is 6.54 Å². The largest absolute Gasteiger partial charge is 0.349 e. The van der Waals surface area contributed by atoms with E-state index in [1.54, 1.807) is 12.4 Å². The predicted octanol–water partition coefficient (Wildman–Crippen LogP) is 1.19. The first-order valence-electron chi connectivity index (χ1n) is 6.15. The summed E-state index contributed by atoms with van der Waals surface area (Å²) >= 11 is 0. The van der Waals surface area contributed by atoms with Gasteiger partial charge < -0.3 is 5.32 Å². The lowest BCUT2D eigenvalue weighted by molar-refractivity contribution is 0.0952. The molecule has 18 heavy (non-hydrogen) atoms. The number of nitrogens with one attached hydrogen (secondary N) is 2. The van der Waals surface area contributed by atoms with Gasteiger partial charge in [0.25, 0.3) is 5.91 Å². The van der Waals surface area contributed by atoms with Gasteiger partial charge in [-0.25, -0.2) is 0 Å². The lowest BCUT2D eigenvalue weighted by Crippen LogP contribution is -2.25. The third kappa shape index (κ3) is 2.01. The van der Waals surface area contributed by atoms with Crippen molar-refractivity contribution in [1.29, 1.82) is 0 Å². The van der Waals surface area contributed by atoms with Crippen LogP contribution < -0.4 is 5.32 Å². The van der Waals surface area contributed by atoms with Gasteiger partial charge in [0.1, 0.15) is 0 Å². The Balaban J connectivity index is 1.87. The van der Waals surface area contributed by atoms with E-state index >= 15 is 0 Å². The summed E-state index contributed by atoms with van der Waals surface area (Å²) in [7, 11) is 0. The average molecular weight is 245 g/mol. The first-order valence-corrected chi connectivity index (χ1v) is 6.15. The normalized spacial score (nSPS) is 14.7. The molecule has 0 aromatic carbocycles. The summed E-state index contributed by atoms with van der Waals surface area (Å²) < 4.78 is 1.82. The van der Waals surface area contributed by atoms with Gasteiger partial charge in [-0.3, -0.25) is 14.6 Å². The lowest BCUT2D eigenvalue weighted by atomic mass is 10.1. The first kappa shape index (κ1) is 11.0. The Morgan fingerprint density at radius 1 is 1.56 bits per heavy atom. The molecule has 2 heterocycles. The number of amides is 1. The zero-order valence-electron chi connectivity index (χ0n) is 10.2. The maximum atomic E-state index is 12.0. The molecule has 1 saturated carbocycles. The molecule has 0 bridgehead atoms. The molecule has 6 nitrogen and oxygen atoms in total. The number of aromatic nitrogens is 4. The summed E-state index contributed by atoms with van der Waals surface area (Å²) in [6, 6.07) is 0.346. The van der Waals surface area contributed by atoms with Crippen LogP contribution in [0.25, 0.3) is 11.3 Å². The molecule has 2 aromatic heterocycles. The van der Waals surface area contributed by atoms with Crippen molar-refractivity contribution in [2.45, 2.75) is 32.4 Å². The van der Waals surface area contributed by atoms with E-state index < -0.39 is 0 Å². The summed E-state index contributed by atoms with van der Waals surface area (Å²) in [4.78, 5) is 12.0. The fourth-order valence-corrected chi connectivity index (χ4v) is 1.83. The van der Waals surface area contributed by atoms with Gasteiger partial charge in [-0.1, -0.05) is 0 Å². The second kappa shape index (κ2) is 4.29. The molecule has 1 amide bonds. The average Bonchev–Trinajstić information content (AvgIpc) is 2.91. The van der Waals surface area contributed by atoms with Gasteiger partial charge in [0, 0.05) is 24.3 Å². The molecule has 0 saturated heterocycles. The Morgan fingerprint density at radius 3 is 3.06 bits per heavy atom. The number of hydrogen-bond donors (Lipinski definition) is 2. The minimum atomic E-state index is -0.0644. The van der Waals surface area contributed by atoms with Crippen LogP contribution in [0.15, 0.2) is 18.6 Å². The molecule has 1 aliphatic carbocycles. The number of aromatic amines is 1. The Hall–Kier alpha value is -2.11. The molecule has 0 unspecified atom stereocenters. The van der Waals surface area contributed by atoms with E-state index in [0.717, 1.165) is 30.6 Å². The van der Waals surface area contributed by atoms with E-state index in [-0.39, 0.29) is 5.91 Å². The zero-order chi connectivity index (χ0) is 12.5. The van der Waals surface area contributed by atoms with Crippen LogP contribution in [0.1, 0.15) is 30.1 Å². The third-order valence-electron chi connectivity index (χ3n) is 3.04. The fourth-order valence-electron chi connectivity index (χ4n) is 1.83. The van der Waals surface area contributed by atoms with Crippen molar-refractivity contribution in [3.05, 3.63) is 24.2 Å². The van der Waals surface area contributed by atoms with Gasteiger partial charge in [-0.2, -0.15) is 10.2 Å². The van der Waals surface area contributed by atoms with Gasteiger partial charge in [0.15, 0.2) is 0 Å². The van der Waals surface area contributed by atoms with Crippen LogP contribution in [0.3, 0.4) is 0 Å². The standard InChI is InChI=1S/C12H15N5O/c1-2-17-7-8(5-14-17)11-10(6-13-16-11)12(18)15-9-3-4-9/h5-7,9H,2-4H2,1H3,(H,13,16)(H,15,18). The third-order valence-corrected chi connectivity index (χ3v) is 3.04. The highest BCUT2D eigenvalue weighted by Gasteiger charge is 2.25. The summed E-state index contributed by atoms with van der Waals surface area (Å²) in [6.07, 6.45) is 7.36. The van der Waals surface area contributed by atoms with Crippen LogP contribution in [0, 0.1) is 0 Å². The van der Waals surface area contributed by atoms with E-state index in [1.165, 1.54) is 0 Å². The van der Waals surface area contributed by atoms with Crippen molar-refractivity contribution in [2.75, 3.05) is 0 Å². The summed E-state index contributed by atoms with van der Waals surface area (Å²) in [6.45, 7) is 2.82. The molecule has 0 atom stereocenters. The van der Waals surface area contributed by atoms with Gasteiger partial charge in [-0.15, -0.1) is 0 Å². The minimum Gasteiger partial charge on any atom is -0.349 e. The van der Waals surface area contributed by atoms with Crippen LogP contribution in [0.4, 0.5) is 0 Å². The van der Waals surface area contributed by atoms with E-state index in [9.17, 15) is 4.79 Å². The second-order valence-electron chi connectivity index (χ2n) is 4.49. The highest BCUT2D eigenvalue weighted by molar-refractivity contribution is 5.99. The number of carbonyl (C=O) groups excluding carboxylic acids is 1. The topological polar surface area (TPSA) is 75.6 Å². The number of nitrogens with zero attached hydrogens (tertiary/aromatic N) is 3. The smallest absolute Gasteiger partial charge is 0.255 e. The Kier molecular flexibility index (Phi) is 2.62. The van der Waals surface area contributed by atoms with E-state index in [1.807, 2.05) is 17.8 Å². The number of carbonyl (C=O) groups is 1. The molecule has 1 fully saturated rings. The molecular formula is C12H15N5O. The Labute approximate surface area is 104 Å². The van der Waals surface area contributed by atoms with Gasteiger partial charge >= 0.3 is 0 Å². The number of aryl methyl sites for hydroxylation is 1. The van der Waals surface area contributed by atoms with Gasteiger partial charge in [0.05, 0.1) is 23.7 Å². The molecule has 6 heteroatoms.